The third-order valence-electron chi connectivity index (χ3n) is 1.18. The van der Waals surface area contributed by atoms with E-state index >= 15 is 0 Å². The SMILES string of the molecule is C=CC(=C)C(CBr)OCC. The molecule has 0 bridgehead atoms. The summed E-state index contributed by atoms with van der Waals surface area (Å²) in [5.41, 5.74) is 0.929. The molecular formula is C8H13BrO. The molecular weight excluding hydrogens is 192 g/mol. The van der Waals surface area contributed by atoms with E-state index in [0.717, 1.165) is 10.9 Å². The predicted octanol–water partition coefficient (Wildman–Crippen LogP) is 2.53. The highest BCUT2D eigenvalue weighted by Crippen LogP contribution is 2.08. The maximum Gasteiger partial charge on any atom is 0.0915 e. The molecule has 0 rings (SSSR count). The fourth-order valence-corrected chi connectivity index (χ4v) is 1.19. The molecule has 0 aromatic heterocycles. The van der Waals surface area contributed by atoms with Gasteiger partial charge < -0.3 is 4.74 Å². The van der Waals surface area contributed by atoms with Gasteiger partial charge in [0, 0.05) is 11.9 Å². The summed E-state index contributed by atoms with van der Waals surface area (Å²) in [4.78, 5) is 0. The van der Waals surface area contributed by atoms with Crippen molar-refractivity contribution in [2.45, 2.75) is 13.0 Å². The average Bonchev–Trinajstić information content (AvgIpc) is 1.99. The van der Waals surface area contributed by atoms with Gasteiger partial charge in [0.05, 0.1) is 6.10 Å². The molecule has 0 aliphatic carbocycles. The average molecular weight is 205 g/mol. The number of alkyl halides is 1. The number of hydrogen-bond acceptors (Lipinski definition) is 1. The van der Waals surface area contributed by atoms with Crippen LogP contribution in [0, 0.1) is 0 Å². The van der Waals surface area contributed by atoms with Crippen LogP contribution in [0.5, 0.6) is 0 Å². The fourth-order valence-electron chi connectivity index (χ4n) is 0.583. The minimum atomic E-state index is 0.0856. The zero-order chi connectivity index (χ0) is 7.98. The summed E-state index contributed by atoms with van der Waals surface area (Å²) in [7, 11) is 0. The molecule has 0 N–H and O–H groups in total. The van der Waals surface area contributed by atoms with Crippen molar-refractivity contribution in [1.82, 2.24) is 0 Å². The van der Waals surface area contributed by atoms with E-state index in [-0.39, 0.29) is 6.10 Å². The Morgan fingerprint density at radius 3 is 2.70 bits per heavy atom. The van der Waals surface area contributed by atoms with Gasteiger partial charge in [0.2, 0.25) is 0 Å². The van der Waals surface area contributed by atoms with Gasteiger partial charge in [-0.1, -0.05) is 35.2 Å². The number of halogens is 1. The van der Waals surface area contributed by atoms with E-state index in [1.807, 2.05) is 6.92 Å². The molecule has 0 fully saturated rings. The molecule has 10 heavy (non-hydrogen) atoms. The van der Waals surface area contributed by atoms with Gasteiger partial charge in [-0.2, -0.15) is 0 Å². The van der Waals surface area contributed by atoms with Gasteiger partial charge in [-0.15, -0.1) is 0 Å². The lowest BCUT2D eigenvalue weighted by Crippen LogP contribution is -2.15. The highest BCUT2D eigenvalue weighted by atomic mass is 79.9. The van der Waals surface area contributed by atoms with Crippen LogP contribution in [0.15, 0.2) is 24.8 Å². The largest absolute Gasteiger partial charge is 0.373 e. The van der Waals surface area contributed by atoms with Crippen molar-refractivity contribution < 1.29 is 4.74 Å². The molecule has 0 saturated carbocycles. The summed E-state index contributed by atoms with van der Waals surface area (Å²) >= 11 is 3.32. The van der Waals surface area contributed by atoms with Gasteiger partial charge in [-0.3, -0.25) is 0 Å². The Labute approximate surface area is 70.9 Å². The van der Waals surface area contributed by atoms with E-state index in [1.165, 1.54) is 0 Å². The second-order valence-corrected chi connectivity index (χ2v) is 2.52. The van der Waals surface area contributed by atoms with Crippen LogP contribution in [0.4, 0.5) is 0 Å². The molecule has 58 valence electrons. The third-order valence-corrected chi connectivity index (χ3v) is 1.77. The van der Waals surface area contributed by atoms with E-state index in [1.54, 1.807) is 6.08 Å². The highest BCUT2D eigenvalue weighted by molar-refractivity contribution is 9.09. The van der Waals surface area contributed by atoms with Crippen molar-refractivity contribution >= 4 is 15.9 Å². The Balaban J connectivity index is 3.79. The summed E-state index contributed by atoms with van der Waals surface area (Å²) in [5.74, 6) is 0. The van der Waals surface area contributed by atoms with Gasteiger partial charge in [0.25, 0.3) is 0 Å². The van der Waals surface area contributed by atoms with Gasteiger partial charge in [-0.05, 0) is 12.5 Å². The second-order valence-electron chi connectivity index (χ2n) is 1.88. The first-order chi connectivity index (χ1) is 4.76. The van der Waals surface area contributed by atoms with Gasteiger partial charge in [0.1, 0.15) is 0 Å². The predicted molar refractivity (Wildman–Crippen MR) is 48.5 cm³/mol. The summed E-state index contributed by atoms with van der Waals surface area (Å²) in [6, 6.07) is 0. The van der Waals surface area contributed by atoms with Crippen LogP contribution in [0.25, 0.3) is 0 Å². The van der Waals surface area contributed by atoms with Crippen molar-refractivity contribution in [2.24, 2.45) is 0 Å². The molecule has 0 heterocycles. The van der Waals surface area contributed by atoms with E-state index in [2.05, 4.69) is 29.1 Å². The van der Waals surface area contributed by atoms with Crippen LogP contribution in [-0.2, 0) is 4.74 Å². The fraction of sp³-hybridized carbons (Fsp3) is 0.500. The number of rotatable bonds is 5. The lowest BCUT2D eigenvalue weighted by molar-refractivity contribution is 0.108. The number of hydrogen-bond donors (Lipinski definition) is 0. The monoisotopic (exact) mass is 204 g/mol. The smallest absolute Gasteiger partial charge is 0.0915 e. The van der Waals surface area contributed by atoms with Crippen molar-refractivity contribution in [1.29, 1.82) is 0 Å². The van der Waals surface area contributed by atoms with E-state index in [4.69, 9.17) is 4.74 Å². The minimum Gasteiger partial charge on any atom is -0.373 e. The molecule has 0 aromatic carbocycles. The van der Waals surface area contributed by atoms with E-state index < -0.39 is 0 Å². The van der Waals surface area contributed by atoms with Crippen LogP contribution < -0.4 is 0 Å². The summed E-state index contributed by atoms with van der Waals surface area (Å²) in [6.45, 7) is 10.1. The van der Waals surface area contributed by atoms with Crippen LogP contribution in [0.3, 0.4) is 0 Å². The Morgan fingerprint density at radius 2 is 2.40 bits per heavy atom. The van der Waals surface area contributed by atoms with Gasteiger partial charge in [0.15, 0.2) is 0 Å². The molecule has 2 heteroatoms. The Kier molecular flexibility index (Phi) is 5.64. The maximum absolute atomic E-state index is 5.33. The zero-order valence-electron chi connectivity index (χ0n) is 6.27. The molecule has 0 saturated heterocycles. The van der Waals surface area contributed by atoms with Crippen molar-refractivity contribution in [3.63, 3.8) is 0 Å². The van der Waals surface area contributed by atoms with Crippen molar-refractivity contribution in [3.8, 4) is 0 Å². The Hall–Kier alpha value is -0.0800. The topological polar surface area (TPSA) is 9.23 Å². The highest BCUT2D eigenvalue weighted by Gasteiger charge is 2.06. The first kappa shape index (κ1) is 9.92. The standard InChI is InChI=1S/C8H13BrO/c1-4-7(3)8(6-9)10-5-2/h4,8H,1,3,5-6H2,2H3. The van der Waals surface area contributed by atoms with Gasteiger partial charge >= 0.3 is 0 Å². The third kappa shape index (κ3) is 3.18. The molecule has 1 atom stereocenters. The molecule has 1 unspecified atom stereocenters. The van der Waals surface area contributed by atoms with E-state index in [0.29, 0.717) is 6.61 Å². The maximum atomic E-state index is 5.33. The zero-order valence-corrected chi connectivity index (χ0v) is 7.86. The molecule has 1 nitrogen and oxygen atoms in total. The molecule has 0 spiro atoms. The number of ether oxygens (including phenoxy) is 1. The van der Waals surface area contributed by atoms with Crippen molar-refractivity contribution in [2.75, 3.05) is 11.9 Å². The summed E-state index contributed by atoms with van der Waals surface area (Å²) in [5, 5.41) is 0.783. The Bertz CT molecular complexity index is 120. The lowest BCUT2D eigenvalue weighted by atomic mass is 10.2. The van der Waals surface area contributed by atoms with Crippen LogP contribution in [-0.4, -0.2) is 18.0 Å². The first-order valence-corrected chi connectivity index (χ1v) is 4.37. The van der Waals surface area contributed by atoms with Crippen LogP contribution in [0.2, 0.25) is 0 Å². The van der Waals surface area contributed by atoms with Crippen LogP contribution >= 0.6 is 15.9 Å². The molecule has 0 aliphatic rings. The normalized spacial score (nSPS) is 12.6. The van der Waals surface area contributed by atoms with Crippen molar-refractivity contribution in [3.05, 3.63) is 24.8 Å². The van der Waals surface area contributed by atoms with E-state index in [9.17, 15) is 0 Å². The molecule has 0 amide bonds. The minimum absolute atomic E-state index is 0.0856. The quantitative estimate of drug-likeness (QED) is 0.495. The lowest BCUT2D eigenvalue weighted by Gasteiger charge is -2.13. The van der Waals surface area contributed by atoms with Gasteiger partial charge in [-0.25, -0.2) is 0 Å². The summed E-state index contributed by atoms with van der Waals surface area (Å²) in [6.07, 6.45) is 1.81. The molecule has 0 radical (unpaired) electrons. The molecule has 0 aromatic rings. The first-order valence-electron chi connectivity index (χ1n) is 3.25. The summed E-state index contributed by atoms with van der Waals surface area (Å²) < 4.78 is 5.33. The molecule has 0 aliphatic heterocycles. The Morgan fingerprint density at radius 1 is 1.80 bits per heavy atom. The van der Waals surface area contributed by atoms with Crippen LogP contribution in [0.1, 0.15) is 6.92 Å². The second kappa shape index (κ2) is 5.69.